The summed E-state index contributed by atoms with van der Waals surface area (Å²) in [7, 11) is 2.05. The van der Waals surface area contributed by atoms with Crippen molar-refractivity contribution in [2.45, 2.75) is 45.2 Å². The summed E-state index contributed by atoms with van der Waals surface area (Å²) in [5.41, 5.74) is 0. The van der Waals surface area contributed by atoms with Crippen LogP contribution in [0.4, 0.5) is 0 Å². The van der Waals surface area contributed by atoms with Crippen molar-refractivity contribution in [3.05, 3.63) is 0 Å². The van der Waals surface area contributed by atoms with E-state index in [0.717, 1.165) is 25.9 Å². The highest BCUT2D eigenvalue weighted by Gasteiger charge is 2.28. The lowest BCUT2D eigenvalue weighted by Gasteiger charge is -2.21. The summed E-state index contributed by atoms with van der Waals surface area (Å²) in [5, 5.41) is 12.2. The lowest BCUT2D eigenvalue weighted by molar-refractivity contribution is -0.139. The fraction of sp³-hybridized carbons (Fsp3) is 0.917. The first-order chi connectivity index (χ1) is 7.49. The monoisotopic (exact) mass is 228 g/mol. The highest BCUT2D eigenvalue weighted by atomic mass is 16.4. The number of rotatable bonds is 8. The molecule has 4 heteroatoms. The van der Waals surface area contributed by atoms with Gasteiger partial charge in [-0.05, 0) is 38.8 Å². The van der Waals surface area contributed by atoms with Crippen molar-refractivity contribution in [2.75, 3.05) is 20.1 Å². The van der Waals surface area contributed by atoms with Crippen molar-refractivity contribution in [3.8, 4) is 0 Å². The summed E-state index contributed by atoms with van der Waals surface area (Å²) >= 11 is 0. The maximum atomic E-state index is 11.0. The standard InChI is InChI=1S/C12H24N2O2/c1-9(2)8-14(3)7-6-11(12(15)16)13-10-4-5-10/h9-11,13H,4-8H2,1-3H3,(H,15,16). The van der Waals surface area contributed by atoms with Crippen molar-refractivity contribution in [1.29, 1.82) is 0 Å². The Hall–Kier alpha value is -0.610. The minimum absolute atomic E-state index is 0.373. The Morgan fingerprint density at radius 3 is 2.56 bits per heavy atom. The summed E-state index contributed by atoms with van der Waals surface area (Å²) in [6, 6.07) is 0.0821. The predicted molar refractivity (Wildman–Crippen MR) is 64.5 cm³/mol. The van der Waals surface area contributed by atoms with Crippen LogP contribution in [0.1, 0.15) is 33.1 Å². The number of hydrogen-bond acceptors (Lipinski definition) is 3. The van der Waals surface area contributed by atoms with Gasteiger partial charge in [-0.3, -0.25) is 4.79 Å². The van der Waals surface area contributed by atoms with Crippen LogP contribution in [0.5, 0.6) is 0 Å². The van der Waals surface area contributed by atoms with Crippen molar-refractivity contribution >= 4 is 5.97 Å². The Balaban J connectivity index is 2.22. The summed E-state index contributed by atoms with van der Waals surface area (Å²) in [6.45, 7) is 6.21. The first kappa shape index (κ1) is 13.5. The van der Waals surface area contributed by atoms with Crippen molar-refractivity contribution in [1.82, 2.24) is 10.2 Å². The number of hydrogen-bond donors (Lipinski definition) is 2. The second-order valence-corrected chi connectivity index (χ2v) is 5.28. The number of carboxylic acid groups (broad SMARTS) is 1. The second-order valence-electron chi connectivity index (χ2n) is 5.28. The van der Waals surface area contributed by atoms with Crippen LogP contribution in [-0.4, -0.2) is 48.2 Å². The number of nitrogens with zero attached hydrogens (tertiary/aromatic N) is 1. The fourth-order valence-electron chi connectivity index (χ4n) is 1.88. The van der Waals surface area contributed by atoms with Gasteiger partial charge in [0.1, 0.15) is 6.04 Å². The molecule has 0 heterocycles. The molecule has 0 spiro atoms. The van der Waals surface area contributed by atoms with Crippen LogP contribution < -0.4 is 5.32 Å². The first-order valence-corrected chi connectivity index (χ1v) is 6.16. The maximum Gasteiger partial charge on any atom is 0.320 e. The fourth-order valence-corrected chi connectivity index (χ4v) is 1.88. The van der Waals surface area contributed by atoms with Crippen LogP contribution in [0.3, 0.4) is 0 Å². The highest BCUT2D eigenvalue weighted by molar-refractivity contribution is 5.73. The Labute approximate surface area is 98.0 Å². The SMILES string of the molecule is CC(C)CN(C)CCC(NC1CC1)C(=O)O. The zero-order chi connectivity index (χ0) is 12.1. The average molecular weight is 228 g/mol. The maximum absolute atomic E-state index is 11.0. The van der Waals surface area contributed by atoms with E-state index in [2.05, 4.69) is 31.1 Å². The average Bonchev–Trinajstić information content (AvgIpc) is 2.93. The van der Waals surface area contributed by atoms with Crippen LogP contribution in [0.15, 0.2) is 0 Å². The molecule has 1 saturated carbocycles. The molecular weight excluding hydrogens is 204 g/mol. The molecule has 0 aromatic heterocycles. The van der Waals surface area contributed by atoms with Gasteiger partial charge in [-0.15, -0.1) is 0 Å². The van der Waals surface area contributed by atoms with E-state index < -0.39 is 5.97 Å². The van der Waals surface area contributed by atoms with Gasteiger partial charge in [0, 0.05) is 12.6 Å². The van der Waals surface area contributed by atoms with Crippen LogP contribution in [0, 0.1) is 5.92 Å². The smallest absolute Gasteiger partial charge is 0.320 e. The van der Waals surface area contributed by atoms with Gasteiger partial charge in [-0.1, -0.05) is 13.8 Å². The van der Waals surface area contributed by atoms with E-state index in [0.29, 0.717) is 18.4 Å². The summed E-state index contributed by atoms with van der Waals surface area (Å²) in [6.07, 6.45) is 2.95. The predicted octanol–water partition coefficient (Wildman–Crippen LogP) is 1.17. The molecule has 0 aromatic rings. The molecule has 0 aliphatic heterocycles. The third-order valence-electron chi connectivity index (χ3n) is 2.79. The van der Waals surface area contributed by atoms with Gasteiger partial charge in [0.05, 0.1) is 0 Å². The molecule has 1 aliphatic carbocycles. The molecule has 94 valence electrons. The van der Waals surface area contributed by atoms with E-state index >= 15 is 0 Å². The van der Waals surface area contributed by atoms with Crippen molar-refractivity contribution < 1.29 is 9.90 Å². The van der Waals surface area contributed by atoms with Gasteiger partial charge in [0.15, 0.2) is 0 Å². The molecule has 0 amide bonds. The molecular formula is C12H24N2O2. The molecule has 1 unspecified atom stereocenters. The minimum atomic E-state index is -0.718. The zero-order valence-electron chi connectivity index (χ0n) is 10.6. The third kappa shape index (κ3) is 5.47. The minimum Gasteiger partial charge on any atom is -0.480 e. The molecule has 0 saturated heterocycles. The lowest BCUT2D eigenvalue weighted by Crippen LogP contribution is -2.40. The van der Waals surface area contributed by atoms with Gasteiger partial charge < -0.3 is 15.3 Å². The topological polar surface area (TPSA) is 52.6 Å². The van der Waals surface area contributed by atoms with Crippen LogP contribution >= 0.6 is 0 Å². The van der Waals surface area contributed by atoms with Crippen molar-refractivity contribution in [3.63, 3.8) is 0 Å². The van der Waals surface area contributed by atoms with E-state index in [1.165, 1.54) is 0 Å². The molecule has 2 N–H and O–H groups in total. The van der Waals surface area contributed by atoms with E-state index in [1.807, 2.05) is 0 Å². The molecule has 4 nitrogen and oxygen atoms in total. The third-order valence-corrected chi connectivity index (χ3v) is 2.79. The van der Waals surface area contributed by atoms with E-state index in [1.54, 1.807) is 0 Å². The molecule has 0 bridgehead atoms. The lowest BCUT2D eigenvalue weighted by atomic mass is 10.1. The quantitative estimate of drug-likeness (QED) is 0.655. The van der Waals surface area contributed by atoms with Crippen LogP contribution in [0.2, 0.25) is 0 Å². The Bertz CT molecular complexity index is 227. The van der Waals surface area contributed by atoms with Crippen LogP contribution in [-0.2, 0) is 4.79 Å². The zero-order valence-corrected chi connectivity index (χ0v) is 10.6. The van der Waals surface area contributed by atoms with E-state index in [9.17, 15) is 4.79 Å². The van der Waals surface area contributed by atoms with E-state index in [-0.39, 0.29) is 6.04 Å². The molecule has 1 rings (SSSR count). The van der Waals surface area contributed by atoms with Gasteiger partial charge >= 0.3 is 5.97 Å². The number of nitrogens with one attached hydrogen (secondary N) is 1. The molecule has 1 aliphatic rings. The van der Waals surface area contributed by atoms with Gasteiger partial charge in [-0.2, -0.15) is 0 Å². The number of aliphatic carboxylic acids is 1. The molecule has 1 atom stereocenters. The van der Waals surface area contributed by atoms with Gasteiger partial charge in [0.25, 0.3) is 0 Å². The Kier molecular flexibility index (Phi) is 5.22. The number of carboxylic acids is 1. The first-order valence-electron chi connectivity index (χ1n) is 6.16. The van der Waals surface area contributed by atoms with Gasteiger partial charge in [0.2, 0.25) is 0 Å². The van der Waals surface area contributed by atoms with Crippen molar-refractivity contribution in [2.24, 2.45) is 5.92 Å². The summed E-state index contributed by atoms with van der Waals surface area (Å²) in [5.74, 6) is -0.0884. The normalized spacial score (nSPS) is 18.1. The Morgan fingerprint density at radius 2 is 2.12 bits per heavy atom. The highest BCUT2D eigenvalue weighted by Crippen LogP contribution is 2.20. The molecule has 0 aromatic carbocycles. The molecule has 1 fully saturated rings. The molecule has 16 heavy (non-hydrogen) atoms. The van der Waals surface area contributed by atoms with E-state index in [4.69, 9.17) is 5.11 Å². The van der Waals surface area contributed by atoms with Gasteiger partial charge in [-0.25, -0.2) is 0 Å². The van der Waals surface area contributed by atoms with Crippen LogP contribution in [0.25, 0.3) is 0 Å². The Morgan fingerprint density at radius 1 is 1.50 bits per heavy atom. The number of carbonyl (C=O) groups is 1. The summed E-state index contributed by atoms with van der Waals surface area (Å²) in [4.78, 5) is 13.2. The largest absolute Gasteiger partial charge is 0.480 e. The molecule has 0 radical (unpaired) electrons. The summed E-state index contributed by atoms with van der Waals surface area (Å²) < 4.78 is 0. The second kappa shape index (κ2) is 6.21.